The fraction of sp³-hybridized carbons (Fsp3) is 0.500. The molecule has 1 aromatic carbocycles. The molecule has 0 aliphatic carbocycles. The SMILES string of the molecule is CCC(CN)C(O)c1cc(Br)ccc1OC. The topological polar surface area (TPSA) is 55.5 Å². The standard InChI is InChI=1S/C12H18BrNO2/c1-3-8(7-14)12(15)10-6-9(13)4-5-11(10)16-2/h4-6,8,12,15H,3,7,14H2,1-2H3. The highest BCUT2D eigenvalue weighted by Crippen LogP contribution is 2.33. The van der Waals surface area contributed by atoms with Gasteiger partial charge in [-0.25, -0.2) is 0 Å². The lowest BCUT2D eigenvalue weighted by Crippen LogP contribution is -2.21. The van der Waals surface area contributed by atoms with Crippen molar-refractivity contribution < 1.29 is 9.84 Å². The van der Waals surface area contributed by atoms with E-state index in [9.17, 15) is 5.11 Å². The second-order valence-corrected chi connectivity index (χ2v) is 4.65. The van der Waals surface area contributed by atoms with Crippen molar-refractivity contribution in [1.29, 1.82) is 0 Å². The summed E-state index contributed by atoms with van der Waals surface area (Å²) in [5.41, 5.74) is 6.42. The molecular weight excluding hydrogens is 270 g/mol. The van der Waals surface area contributed by atoms with Crippen LogP contribution in [0.2, 0.25) is 0 Å². The molecule has 90 valence electrons. The summed E-state index contributed by atoms with van der Waals surface area (Å²) >= 11 is 3.39. The van der Waals surface area contributed by atoms with Gasteiger partial charge in [-0.15, -0.1) is 0 Å². The van der Waals surface area contributed by atoms with Gasteiger partial charge in [0, 0.05) is 16.0 Å². The molecule has 0 bridgehead atoms. The van der Waals surface area contributed by atoms with Gasteiger partial charge in [0.15, 0.2) is 0 Å². The highest BCUT2D eigenvalue weighted by molar-refractivity contribution is 9.10. The predicted octanol–water partition coefficient (Wildman–Crippen LogP) is 2.48. The Balaban J connectivity index is 3.04. The van der Waals surface area contributed by atoms with E-state index in [2.05, 4.69) is 15.9 Å². The molecule has 1 aromatic rings. The summed E-state index contributed by atoms with van der Waals surface area (Å²) in [6.07, 6.45) is 0.260. The summed E-state index contributed by atoms with van der Waals surface area (Å²) in [7, 11) is 1.60. The van der Waals surface area contributed by atoms with E-state index in [-0.39, 0.29) is 5.92 Å². The number of methoxy groups -OCH3 is 1. The second kappa shape index (κ2) is 6.23. The summed E-state index contributed by atoms with van der Waals surface area (Å²) in [4.78, 5) is 0. The van der Waals surface area contributed by atoms with E-state index in [4.69, 9.17) is 10.5 Å². The molecule has 0 spiro atoms. The van der Waals surface area contributed by atoms with Crippen molar-refractivity contribution in [2.45, 2.75) is 19.4 Å². The van der Waals surface area contributed by atoms with Gasteiger partial charge < -0.3 is 15.6 Å². The van der Waals surface area contributed by atoms with Crippen molar-refractivity contribution in [3.63, 3.8) is 0 Å². The Morgan fingerprint density at radius 2 is 2.19 bits per heavy atom. The predicted molar refractivity (Wildman–Crippen MR) is 68.5 cm³/mol. The number of hydrogen-bond acceptors (Lipinski definition) is 3. The summed E-state index contributed by atoms with van der Waals surface area (Å²) in [5, 5.41) is 10.2. The van der Waals surface area contributed by atoms with Crippen molar-refractivity contribution in [3.8, 4) is 5.75 Å². The first kappa shape index (κ1) is 13.5. The maximum absolute atomic E-state index is 10.2. The van der Waals surface area contributed by atoms with Crippen LogP contribution < -0.4 is 10.5 Å². The molecule has 0 amide bonds. The van der Waals surface area contributed by atoms with Gasteiger partial charge in [-0.05, 0) is 31.2 Å². The summed E-state index contributed by atoms with van der Waals surface area (Å²) in [5.74, 6) is 0.755. The van der Waals surface area contributed by atoms with Crippen LogP contribution in [-0.2, 0) is 0 Å². The molecular formula is C12H18BrNO2. The van der Waals surface area contributed by atoms with Gasteiger partial charge in [0.25, 0.3) is 0 Å². The molecule has 0 saturated heterocycles. The number of ether oxygens (including phenoxy) is 1. The Labute approximate surface area is 105 Å². The molecule has 4 heteroatoms. The zero-order chi connectivity index (χ0) is 12.1. The van der Waals surface area contributed by atoms with Crippen LogP contribution in [0.15, 0.2) is 22.7 Å². The monoisotopic (exact) mass is 287 g/mol. The molecule has 0 aliphatic rings. The normalized spacial score (nSPS) is 14.6. The minimum absolute atomic E-state index is 0.0585. The lowest BCUT2D eigenvalue weighted by atomic mass is 9.93. The maximum atomic E-state index is 10.2. The van der Waals surface area contributed by atoms with E-state index in [0.29, 0.717) is 12.3 Å². The third kappa shape index (κ3) is 2.97. The third-order valence-corrected chi connectivity index (χ3v) is 3.28. The van der Waals surface area contributed by atoms with Crippen LogP contribution in [-0.4, -0.2) is 18.8 Å². The molecule has 2 atom stereocenters. The van der Waals surface area contributed by atoms with Gasteiger partial charge in [-0.2, -0.15) is 0 Å². The van der Waals surface area contributed by atoms with Crippen LogP contribution in [0.4, 0.5) is 0 Å². The van der Waals surface area contributed by atoms with Crippen LogP contribution >= 0.6 is 15.9 Å². The Bertz CT molecular complexity index is 340. The first-order chi connectivity index (χ1) is 7.63. The largest absolute Gasteiger partial charge is 0.496 e. The number of hydrogen-bond donors (Lipinski definition) is 2. The van der Waals surface area contributed by atoms with E-state index in [0.717, 1.165) is 16.5 Å². The molecule has 2 unspecified atom stereocenters. The fourth-order valence-corrected chi connectivity index (χ4v) is 2.09. The second-order valence-electron chi connectivity index (χ2n) is 3.74. The molecule has 3 nitrogen and oxygen atoms in total. The van der Waals surface area contributed by atoms with E-state index < -0.39 is 6.10 Å². The van der Waals surface area contributed by atoms with Crippen LogP contribution in [0.1, 0.15) is 25.0 Å². The molecule has 3 N–H and O–H groups in total. The highest BCUT2D eigenvalue weighted by Gasteiger charge is 2.21. The fourth-order valence-electron chi connectivity index (χ4n) is 1.71. The van der Waals surface area contributed by atoms with Crippen molar-refractivity contribution in [1.82, 2.24) is 0 Å². The smallest absolute Gasteiger partial charge is 0.124 e. The molecule has 0 aromatic heterocycles. The number of benzene rings is 1. The molecule has 0 saturated carbocycles. The van der Waals surface area contributed by atoms with E-state index in [1.54, 1.807) is 7.11 Å². The molecule has 1 rings (SSSR count). The maximum Gasteiger partial charge on any atom is 0.124 e. The summed E-state index contributed by atoms with van der Waals surface area (Å²) < 4.78 is 6.16. The highest BCUT2D eigenvalue weighted by atomic mass is 79.9. The van der Waals surface area contributed by atoms with Gasteiger partial charge in [0.2, 0.25) is 0 Å². The first-order valence-electron chi connectivity index (χ1n) is 5.35. The van der Waals surface area contributed by atoms with Crippen molar-refractivity contribution >= 4 is 15.9 Å². The van der Waals surface area contributed by atoms with Crippen LogP contribution in [0.5, 0.6) is 5.75 Å². The summed E-state index contributed by atoms with van der Waals surface area (Å²) in [6, 6.07) is 5.60. The number of nitrogens with two attached hydrogens (primary N) is 1. The van der Waals surface area contributed by atoms with Crippen LogP contribution in [0, 0.1) is 5.92 Å². The Morgan fingerprint density at radius 1 is 1.50 bits per heavy atom. The van der Waals surface area contributed by atoms with Gasteiger partial charge in [0.1, 0.15) is 5.75 Å². The quantitative estimate of drug-likeness (QED) is 0.875. The number of aliphatic hydroxyl groups is 1. The van der Waals surface area contributed by atoms with E-state index in [1.165, 1.54) is 0 Å². The van der Waals surface area contributed by atoms with Crippen molar-refractivity contribution in [3.05, 3.63) is 28.2 Å². The Hall–Kier alpha value is -0.580. The third-order valence-electron chi connectivity index (χ3n) is 2.78. The van der Waals surface area contributed by atoms with E-state index >= 15 is 0 Å². The Morgan fingerprint density at radius 3 is 2.69 bits per heavy atom. The first-order valence-corrected chi connectivity index (χ1v) is 6.14. The average Bonchev–Trinajstić information content (AvgIpc) is 2.30. The van der Waals surface area contributed by atoms with Crippen LogP contribution in [0.3, 0.4) is 0 Å². The molecule has 0 aliphatic heterocycles. The minimum Gasteiger partial charge on any atom is -0.496 e. The van der Waals surface area contributed by atoms with Crippen molar-refractivity contribution in [2.24, 2.45) is 11.7 Å². The van der Waals surface area contributed by atoms with Gasteiger partial charge >= 0.3 is 0 Å². The molecule has 0 fully saturated rings. The molecule has 0 radical (unpaired) electrons. The zero-order valence-corrected chi connectivity index (χ0v) is 11.2. The Kier molecular flexibility index (Phi) is 5.25. The molecule has 0 heterocycles. The van der Waals surface area contributed by atoms with E-state index in [1.807, 2.05) is 25.1 Å². The van der Waals surface area contributed by atoms with Crippen molar-refractivity contribution in [2.75, 3.05) is 13.7 Å². The van der Waals surface area contributed by atoms with Gasteiger partial charge in [0.05, 0.1) is 13.2 Å². The minimum atomic E-state index is -0.581. The summed E-state index contributed by atoms with van der Waals surface area (Å²) in [6.45, 7) is 2.48. The zero-order valence-electron chi connectivity index (χ0n) is 9.61. The number of rotatable bonds is 5. The lowest BCUT2D eigenvalue weighted by molar-refractivity contribution is 0.107. The van der Waals surface area contributed by atoms with Crippen LogP contribution in [0.25, 0.3) is 0 Å². The lowest BCUT2D eigenvalue weighted by Gasteiger charge is -2.22. The number of halogens is 1. The molecule has 16 heavy (non-hydrogen) atoms. The van der Waals surface area contributed by atoms with Gasteiger partial charge in [-0.3, -0.25) is 0 Å². The average molecular weight is 288 g/mol. The van der Waals surface area contributed by atoms with Gasteiger partial charge in [-0.1, -0.05) is 22.9 Å². The number of aliphatic hydroxyl groups excluding tert-OH is 1.